The molecular weight excluding hydrogens is 394 g/mol. The van der Waals surface area contributed by atoms with Crippen molar-refractivity contribution in [3.8, 4) is 5.75 Å². The first-order valence-electron chi connectivity index (χ1n) is 9.56. The molecule has 1 N–H and O–H groups in total. The molecule has 4 aromatic rings. The monoisotopic (exact) mass is 415 g/mol. The van der Waals surface area contributed by atoms with E-state index in [0.717, 1.165) is 28.4 Å². The molecule has 0 unspecified atom stereocenters. The number of carbonyl (C=O) groups is 1. The van der Waals surface area contributed by atoms with E-state index < -0.39 is 0 Å². The second-order valence-electron chi connectivity index (χ2n) is 6.83. The van der Waals surface area contributed by atoms with Crippen molar-refractivity contribution in [1.29, 1.82) is 0 Å². The van der Waals surface area contributed by atoms with Gasteiger partial charge in [-0.2, -0.15) is 0 Å². The zero-order valence-corrected chi connectivity index (χ0v) is 17.4. The topological polar surface area (TPSA) is 64.1 Å². The number of nitrogens with zero attached hydrogens (tertiary/aromatic N) is 2. The van der Waals surface area contributed by atoms with Crippen LogP contribution in [0.4, 0.5) is 5.69 Å². The maximum atomic E-state index is 12.5. The number of benzene rings is 2. The lowest BCUT2D eigenvalue weighted by Gasteiger charge is -2.06. The van der Waals surface area contributed by atoms with E-state index in [1.54, 1.807) is 24.9 Å². The largest absolute Gasteiger partial charge is 0.497 e. The lowest BCUT2D eigenvalue weighted by molar-refractivity contribution is 0.102. The molecule has 5 nitrogen and oxygen atoms in total. The van der Waals surface area contributed by atoms with E-state index in [0.29, 0.717) is 12.1 Å². The number of anilines is 1. The Morgan fingerprint density at radius 1 is 0.900 bits per heavy atom. The number of ether oxygens (including phenoxy) is 1. The molecule has 2 aromatic heterocycles. The quantitative estimate of drug-likeness (QED) is 0.462. The highest BCUT2D eigenvalue weighted by molar-refractivity contribution is 7.09. The Balaban J connectivity index is 1.35. The Hall–Kier alpha value is -3.51. The van der Waals surface area contributed by atoms with Gasteiger partial charge in [-0.25, -0.2) is 4.98 Å². The Morgan fingerprint density at radius 3 is 2.23 bits per heavy atom. The fraction of sp³-hybridized carbons (Fsp3) is 0.125. The van der Waals surface area contributed by atoms with Gasteiger partial charge in [-0.05, 0) is 59.5 Å². The zero-order chi connectivity index (χ0) is 20.8. The van der Waals surface area contributed by atoms with Crippen molar-refractivity contribution in [2.75, 3.05) is 12.4 Å². The van der Waals surface area contributed by atoms with E-state index in [9.17, 15) is 4.79 Å². The molecule has 0 spiro atoms. The van der Waals surface area contributed by atoms with Gasteiger partial charge in [0.15, 0.2) is 0 Å². The van der Waals surface area contributed by atoms with Crippen molar-refractivity contribution >= 4 is 22.9 Å². The van der Waals surface area contributed by atoms with Gasteiger partial charge in [0, 0.05) is 29.9 Å². The van der Waals surface area contributed by atoms with Crippen molar-refractivity contribution in [3.05, 3.63) is 106 Å². The first kappa shape index (κ1) is 19.8. The summed E-state index contributed by atoms with van der Waals surface area (Å²) < 4.78 is 5.18. The number of pyridine rings is 1. The molecule has 150 valence electrons. The molecule has 0 fully saturated rings. The summed E-state index contributed by atoms with van der Waals surface area (Å²) >= 11 is 1.49. The molecule has 2 aromatic carbocycles. The van der Waals surface area contributed by atoms with Crippen LogP contribution >= 0.6 is 11.3 Å². The van der Waals surface area contributed by atoms with Crippen LogP contribution in [0.3, 0.4) is 0 Å². The predicted molar refractivity (Wildman–Crippen MR) is 119 cm³/mol. The number of thiazole rings is 1. The minimum absolute atomic E-state index is 0.200. The Kier molecular flexibility index (Phi) is 6.15. The summed E-state index contributed by atoms with van der Waals surface area (Å²) in [4.78, 5) is 21.1. The fourth-order valence-electron chi connectivity index (χ4n) is 3.05. The van der Waals surface area contributed by atoms with E-state index in [1.165, 1.54) is 22.5 Å². The third kappa shape index (κ3) is 5.10. The van der Waals surface area contributed by atoms with E-state index in [4.69, 9.17) is 4.74 Å². The summed E-state index contributed by atoms with van der Waals surface area (Å²) in [7, 11) is 1.65. The second-order valence-corrected chi connectivity index (χ2v) is 7.78. The molecule has 0 aliphatic heterocycles. The van der Waals surface area contributed by atoms with Crippen molar-refractivity contribution in [1.82, 2.24) is 9.97 Å². The normalized spacial score (nSPS) is 10.6. The molecule has 0 atom stereocenters. The van der Waals surface area contributed by atoms with E-state index in [2.05, 4.69) is 15.3 Å². The van der Waals surface area contributed by atoms with Crippen LogP contribution in [0, 0.1) is 0 Å². The molecule has 0 saturated heterocycles. The lowest BCUT2D eigenvalue weighted by atomic mass is 10.1. The molecule has 6 heteroatoms. The smallest absolute Gasteiger partial charge is 0.275 e. The molecule has 0 aliphatic carbocycles. The average molecular weight is 416 g/mol. The van der Waals surface area contributed by atoms with Crippen LogP contribution in [0.2, 0.25) is 0 Å². The van der Waals surface area contributed by atoms with Gasteiger partial charge in [-0.1, -0.05) is 24.3 Å². The lowest BCUT2D eigenvalue weighted by Crippen LogP contribution is -2.12. The van der Waals surface area contributed by atoms with Crippen LogP contribution in [0.5, 0.6) is 5.75 Å². The molecular formula is C24H21N3O2S. The summed E-state index contributed by atoms with van der Waals surface area (Å²) in [5.74, 6) is 0.624. The summed E-state index contributed by atoms with van der Waals surface area (Å²) in [5.41, 5.74) is 4.69. The zero-order valence-electron chi connectivity index (χ0n) is 16.5. The minimum Gasteiger partial charge on any atom is -0.497 e. The van der Waals surface area contributed by atoms with Gasteiger partial charge in [0.2, 0.25) is 0 Å². The van der Waals surface area contributed by atoms with Crippen LogP contribution in [-0.4, -0.2) is 23.0 Å². The molecule has 2 heterocycles. The maximum Gasteiger partial charge on any atom is 0.275 e. The van der Waals surface area contributed by atoms with Gasteiger partial charge in [0.1, 0.15) is 11.4 Å². The highest BCUT2D eigenvalue weighted by atomic mass is 32.1. The molecule has 0 radical (unpaired) electrons. The third-order valence-corrected chi connectivity index (χ3v) is 5.52. The first-order chi connectivity index (χ1) is 14.7. The van der Waals surface area contributed by atoms with Crippen LogP contribution in [0.15, 0.2) is 78.4 Å². The molecule has 4 rings (SSSR count). The van der Waals surface area contributed by atoms with Crippen LogP contribution < -0.4 is 10.1 Å². The van der Waals surface area contributed by atoms with Crippen LogP contribution in [0.1, 0.15) is 32.2 Å². The van der Waals surface area contributed by atoms with E-state index in [1.807, 2.05) is 60.7 Å². The Bertz CT molecular complexity index is 1110. The SMILES string of the molecule is COc1ccc(Cc2nc(C(=O)Nc3ccc(Cc4ccncc4)cc3)cs2)cc1. The summed E-state index contributed by atoms with van der Waals surface area (Å²) in [5, 5.41) is 5.62. The van der Waals surface area contributed by atoms with Gasteiger partial charge in [0.05, 0.1) is 12.1 Å². The van der Waals surface area contributed by atoms with Crippen molar-refractivity contribution in [3.63, 3.8) is 0 Å². The number of aromatic nitrogens is 2. The number of methoxy groups -OCH3 is 1. The minimum atomic E-state index is -0.200. The number of hydrogen-bond acceptors (Lipinski definition) is 5. The van der Waals surface area contributed by atoms with E-state index in [-0.39, 0.29) is 5.91 Å². The summed E-state index contributed by atoms with van der Waals surface area (Å²) in [6.45, 7) is 0. The highest BCUT2D eigenvalue weighted by Crippen LogP contribution is 2.19. The van der Waals surface area contributed by atoms with Gasteiger partial charge in [-0.3, -0.25) is 9.78 Å². The molecule has 1 amide bonds. The number of nitrogens with one attached hydrogen (secondary N) is 1. The predicted octanol–water partition coefficient (Wildman–Crippen LogP) is 4.98. The molecule has 0 saturated carbocycles. The van der Waals surface area contributed by atoms with Gasteiger partial charge < -0.3 is 10.1 Å². The molecule has 0 bridgehead atoms. The van der Waals surface area contributed by atoms with Crippen LogP contribution in [-0.2, 0) is 12.8 Å². The molecule has 30 heavy (non-hydrogen) atoms. The maximum absolute atomic E-state index is 12.5. The van der Waals surface area contributed by atoms with Crippen molar-refractivity contribution in [2.24, 2.45) is 0 Å². The van der Waals surface area contributed by atoms with E-state index >= 15 is 0 Å². The Morgan fingerprint density at radius 2 is 1.53 bits per heavy atom. The highest BCUT2D eigenvalue weighted by Gasteiger charge is 2.12. The average Bonchev–Trinajstić information content (AvgIpc) is 3.25. The first-order valence-corrected chi connectivity index (χ1v) is 10.4. The number of amides is 1. The van der Waals surface area contributed by atoms with Gasteiger partial charge in [-0.15, -0.1) is 11.3 Å². The molecule has 0 aliphatic rings. The van der Waals surface area contributed by atoms with Crippen molar-refractivity contribution < 1.29 is 9.53 Å². The third-order valence-electron chi connectivity index (χ3n) is 4.67. The summed E-state index contributed by atoms with van der Waals surface area (Å²) in [6, 6.07) is 19.7. The summed E-state index contributed by atoms with van der Waals surface area (Å²) in [6.07, 6.45) is 5.10. The second kappa shape index (κ2) is 9.33. The number of carbonyl (C=O) groups excluding carboxylic acids is 1. The Labute approximate surface area is 179 Å². The number of hydrogen-bond donors (Lipinski definition) is 1. The fourth-order valence-corrected chi connectivity index (χ4v) is 3.86. The van der Waals surface area contributed by atoms with Crippen molar-refractivity contribution in [2.45, 2.75) is 12.8 Å². The van der Waals surface area contributed by atoms with Gasteiger partial charge >= 0.3 is 0 Å². The standard InChI is InChI=1S/C24H21N3O2S/c1-29-21-8-4-18(5-9-21)15-23-27-22(16-30-23)24(28)26-20-6-2-17(3-7-20)14-19-10-12-25-13-11-19/h2-13,16H,14-15H2,1H3,(H,26,28). The van der Waals surface area contributed by atoms with Gasteiger partial charge in [0.25, 0.3) is 5.91 Å². The van der Waals surface area contributed by atoms with Crippen LogP contribution in [0.25, 0.3) is 0 Å². The number of rotatable bonds is 7.